The standard InChI is InChI=1S/C49H58N9O21P3S3/c1-25-39-33(48(4,5)26(2)54-39)19-31-38(32-20-34-40(55-27(3)49(34,6)7)43(85(70,71)72)42(32)77-41(25)31)28-10-12-29(13-11-28)44(59)51-15-17-83-84-18-16-73-47(62)52-14-8-9-30-22-58(46(61)56-45(30)60)37-21-35(74-24-53-57-50)36(76-37)23-75-81(66,67)79-82(68,69)78-80(63,64)65/h10-13,19-20,22,26-27,35-37,55H,14-18,21,23-24H2,1-7H3,(H,51,59)(H,52,62)(H,66,67)(H,68,69)(H,56,60,61)(H2,63,64,65)(H,70,71,72)/t26?,27?,35?,36-,37-/m1/s1. The van der Waals surface area contributed by atoms with E-state index in [0.717, 1.165) is 32.5 Å². The lowest BCUT2D eigenvalue weighted by molar-refractivity contribution is -0.0601. The van der Waals surface area contributed by atoms with Gasteiger partial charge in [0.15, 0.2) is 10.6 Å². The van der Waals surface area contributed by atoms with Gasteiger partial charge in [-0.15, -0.1) is 0 Å². The van der Waals surface area contributed by atoms with Gasteiger partial charge in [-0.1, -0.05) is 78.4 Å². The van der Waals surface area contributed by atoms with Crippen molar-refractivity contribution in [3.8, 4) is 23.3 Å². The quantitative estimate of drug-likeness (QED) is 0.00642. The molecule has 1 aromatic heterocycles. The number of carbonyl (C=O) groups excluding carboxylic acids is 2. The highest BCUT2D eigenvalue weighted by Gasteiger charge is 2.46. The van der Waals surface area contributed by atoms with Gasteiger partial charge in [-0.05, 0) is 67.3 Å². The Hall–Kier alpha value is -5.84. The zero-order valence-corrected chi connectivity index (χ0v) is 51.3. The molecule has 30 nitrogen and oxygen atoms in total. The van der Waals surface area contributed by atoms with Crippen LogP contribution in [0.1, 0.15) is 97.9 Å². The number of carbonyl (C=O) groups is 2. The first-order chi connectivity index (χ1) is 39.7. The van der Waals surface area contributed by atoms with Gasteiger partial charge in [-0.2, -0.15) is 17.0 Å². The third kappa shape index (κ3) is 14.8. The van der Waals surface area contributed by atoms with Crippen molar-refractivity contribution in [2.75, 3.05) is 49.9 Å². The molecule has 2 amide bonds. The summed E-state index contributed by atoms with van der Waals surface area (Å²) in [5.41, 5.74) is 10.5. The van der Waals surface area contributed by atoms with Crippen molar-refractivity contribution < 1.29 is 87.9 Å². The number of amides is 2. The van der Waals surface area contributed by atoms with Crippen molar-refractivity contribution >= 4 is 78.4 Å². The van der Waals surface area contributed by atoms with E-state index in [1.807, 2.05) is 45.7 Å². The van der Waals surface area contributed by atoms with Gasteiger partial charge in [0, 0.05) is 79.9 Å². The number of phosphoric ester groups is 1. The summed E-state index contributed by atoms with van der Waals surface area (Å²) in [6.45, 7) is 12.5. The van der Waals surface area contributed by atoms with Crippen molar-refractivity contribution in [2.24, 2.45) is 10.1 Å². The number of nitrogens with one attached hydrogen (secondary N) is 4. The minimum absolute atomic E-state index is 0.000880. The molecule has 0 saturated carbocycles. The molecule has 7 atom stereocenters. The van der Waals surface area contributed by atoms with Crippen LogP contribution in [0.5, 0.6) is 11.5 Å². The van der Waals surface area contributed by atoms with Crippen LogP contribution in [0.15, 0.2) is 67.2 Å². The summed E-state index contributed by atoms with van der Waals surface area (Å²) >= 11 is 0. The molecule has 0 aliphatic carbocycles. The second-order valence-corrected chi connectivity index (χ2v) is 29.1. The van der Waals surface area contributed by atoms with Gasteiger partial charge >= 0.3 is 35.3 Å². The lowest BCUT2D eigenvalue weighted by Gasteiger charge is -2.29. The van der Waals surface area contributed by atoms with Gasteiger partial charge in [-0.25, -0.2) is 23.3 Å². The molecule has 1 fully saturated rings. The molecule has 8 rings (SSSR count). The molecular formula is C49H58N9O21P3S3. The monoisotopic (exact) mass is 1300 g/mol. The molecular weight excluding hydrogens is 1240 g/mol. The topological polar surface area (TPSA) is 437 Å². The number of H-pyrrole nitrogens is 1. The number of azide groups is 1. The Balaban J connectivity index is 0.824. The van der Waals surface area contributed by atoms with Crippen molar-refractivity contribution in [3.05, 3.63) is 123 Å². The van der Waals surface area contributed by atoms with Crippen molar-refractivity contribution in [2.45, 2.75) is 101 Å². The average Bonchev–Trinajstić information content (AvgIpc) is 1.89. The van der Waals surface area contributed by atoms with E-state index in [-0.39, 0.29) is 64.9 Å². The van der Waals surface area contributed by atoms with Crippen LogP contribution in [0, 0.1) is 18.8 Å². The van der Waals surface area contributed by atoms with Gasteiger partial charge in [0.2, 0.25) is 0 Å². The van der Waals surface area contributed by atoms with E-state index in [2.05, 4.69) is 70.9 Å². The van der Waals surface area contributed by atoms with Crippen LogP contribution in [0.4, 0.5) is 10.5 Å². The van der Waals surface area contributed by atoms with Crippen molar-refractivity contribution in [1.29, 1.82) is 0 Å². The minimum atomic E-state index is -5.85. The molecule has 5 unspecified atom stereocenters. The first-order valence-corrected chi connectivity index (χ1v) is 34.0. The maximum absolute atomic E-state index is 13.4. The van der Waals surface area contributed by atoms with E-state index in [0.29, 0.717) is 51.6 Å². The van der Waals surface area contributed by atoms with E-state index in [1.165, 1.54) is 21.6 Å². The largest absolute Gasteiger partial charge is 0.490 e. The SMILES string of the molecule is Cc1c2c(cc3c1=NC(C)C3(C)C)=C(c1ccc(C(=O)NCCSSCCOC(=O)NCC#Cc3cn([C@H]4CC(OCN=[N+]=[N-])[C@@H](COP(=O)(O)OP(=O)(O)OP(=O)(O)O)O4)c(=O)[nH]c3=O)cc1)c1cc3c(c(S(=O)(=O)O)c1O2)NC(C)C3(C)C. The first-order valence-electron chi connectivity index (χ1n) is 25.6. The zero-order chi connectivity index (χ0) is 62.2. The first kappa shape index (κ1) is 65.1. The number of anilines is 1. The van der Waals surface area contributed by atoms with Gasteiger partial charge in [0.25, 0.3) is 21.6 Å². The molecule has 4 aliphatic rings. The number of aromatic nitrogens is 2. The normalized spacial score (nSPS) is 21.1. The van der Waals surface area contributed by atoms with Crippen molar-refractivity contribution in [1.82, 2.24) is 20.2 Å². The molecule has 0 bridgehead atoms. The molecule has 458 valence electrons. The molecule has 4 aliphatic heterocycles. The van der Waals surface area contributed by atoms with E-state index in [9.17, 15) is 55.6 Å². The van der Waals surface area contributed by atoms with Crippen LogP contribution in [0.3, 0.4) is 0 Å². The van der Waals surface area contributed by atoms with Gasteiger partial charge in [0.1, 0.15) is 37.0 Å². The van der Waals surface area contributed by atoms with E-state index in [4.69, 9.17) is 39.3 Å². The summed E-state index contributed by atoms with van der Waals surface area (Å²) in [5, 5.41) is 13.3. The summed E-state index contributed by atoms with van der Waals surface area (Å²) in [6, 6.07) is 10.7. The molecule has 36 heteroatoms. The van der Waals surface area contributed by atoms with Gasteiger partial charge in [0.05, 0.1) is 36.3 Å². The fourth-order valence-electron chi connectivity index (χ4n) is 9.66. The molecule has 0 radical (unpaired) electrons. The highest BCUT2D eigenvalue weighted by Crippen LogP contribution is 2.66. The Morgan fingerprint density at radius 2 is 1.69 bits per heavy atom. The summed E-state index contributed by atoms with van der Waals surface area (Å²) in [6.07, 6.45) is -3.96. The molecule has 85 heavy (non-hydrogen) atoms. The Labute approximate surface area is 492 Å². The van der Waals surface area contributed by atoms with E-state index >= 15 is 0 Å². The van der Waals surface area contributed by atoms with E-state index < -0.39 is 88.1 Å². The number of hydrogen-bond donors (Lipinski definition) is 9. The second kappa shape index (κ2) is 25.5. The smallest absolute Gasteiger partial charge is 0.454 e. The molecule has 1 saturated heterocycles. The Bertz CT molecular complexity index is 3990. The van der Waals surface area contributed by atoms with Crippen molar-refractivity contribution in [3.63, 3.8) is 0 Å². The Morgan fingerprint density at radius 3 is 2.38 bits per heavy atom. The number of rotatable bonds is 22. The van der Waals surface area contributed by atoms with Crippen LogP contribution >= 0.6 is 45.1 Å². The van der Waals surface area contributed by atoms with Crippen LogP contribution < -0.4 is 42.5 Å². The zero-order valence-electron chi connectivity index (χ0n) is 46.2. The minimum Gasteiger partial charge on any atom is -0.454 e. The Kier molecular flexibility index (Phi) is 19.5. The predicted molar refractivity (Wildman–Crippen MR) is 307 cm³/mol. The predicted octanol–water partition coefficient (Wildman–Crippen LogP) is 5.01. The number of aromatic amines is 1. The molecule has 3 aromatic carbocycles. The summed E-state index contributed by atoms with van der Waals surface area (Å²) in [5.74, 6) is 6.01. The summed E-state index contributed by atoms with van der Waals surface area (Å²) in [7, 11) is -19.1. The summed E-state index contributed by atoms with van der Waals surface area (Å²) in [4.78, 5) is 97.3. The van der Waals surface area contributed by atoms with Crippen LogP contribution in [0.2, 0.25) is 0 Å². The number of alkyl carbamates (subject to hydrolysis) is 1. The average molecular weight is 1300 g/mol. The highest BCUT2D eigenvalue weighted by atomic mass is 33.1. The lowest BCUT2D eigenvalue weighted by atomic mass is 9.78. The third-order valence-corrected chi connectivity index (χ3v) is 21.6. The van der Waals surface area contributed by atoms with Gasteiger partial charge in [-0.3, -0.25) is 33.2 Å². The maximum Gasteiger partial charge on any atom is 0.490 e. The molecule has 9 N–H and O–H groups in total. The fraction of sp³-hybridized carbons (Fsp3) is 0.449. The number of fused-ring (bicyclic) bond motifs is 4. The maximum atomic E-state index is 13.4. The summed E-state index contributed by atoms with van der Waals surface area (Å²) < 4.78 is 108. The van der Waals surface area contributed by atoms with Crippen LogP contribution in [-0.4, -0.2) is 123 Å². The van der Waals surface area contributed by atoms with Gasteiger partial charge < -0.3 is 54.5 Å². The molecule has 0 spiro atoms. The number of hydrogen-bond acceptors (Lipinski definition) is 21. The highest BCUT2D eigenvalue weighted by molar-refractivity contribution is 8.76. The lowest BCUT2D eigenvalue weighted by Crippen LogP contribution is -2.34. The Morgan fingerprint density at radius 1 is 0.988 bits per heavy atom. The van der Waals surface area contributed by atoms with Crippen LogP contribution in [-0.2, 0) is 62.0 Å². The van der Waals surface area contributed by atoms with E-state index in [1.54, 1.807) is 24.3 Å². The number of benzene rings is 3. The molecule has 4 aromatic rings. The molecule has 5 heterocycles. The second-order valence-electron chi connectivity index (χ2n) is 20.6. The number of ether oxygens (including phenoxy) is 4. The number of phosphoric acid groups is 3. The number of nitrogens with zero attached hydrogens (tertiary/aromatic N) is 5. The van der Waals surface area contributed by atoms with Crippen LogP contribution in [0.25, 0.3) is 16.0 Å². The fourth-order valence-corrected chi connectivity index (χ4v) is 15.2. The third-order valence-electron chi connectivity index (χ3n) is 14.5.